The van der Waals surface area contributed by atoms with Gasteiger partial charge in [0.2, 0.25) is 0 Å². The summed E-state index contributed by atoms with van der Waals surface area (Å²) in [6.45, 7) is 2.03. The number of nitriles is 1. The zero-order valence-electron chi connectivity index (χ0n) is 11.3. The maximum Gasteiger partial charge on any atom is 0.129 e. The van der Waals surface area contributed by atoms with Crippen molar-refractivity contribution in [2.45, 2.75) is 12.8 Å². The molecule has 1 aromatic heterocycles. The number of hydrogen-bond acceptors (Lipinski definition) is 2. The fourth-order valence-electron chi connectivity index (χ4n) is 2.39. The van der Waals surface area contributed by atoms with Gasteiger partial charge in [0, 0.05) is 4.47 Å². The summed E-state index contributed by atoms with van der Waals surface area (Å²) in [6.07, 6.45) is 0. The number of hydrogen-bond donors (Lipinski definition) is 0. The third kappa shape index (κ3) is 2.44. The molecular weight excluding hydrogens is 350 g/mol. The largest absolute Gasteiger partial charge is 0.294 e. The molecule has 0 radical (unpaired) electrons. The molecule has 0 saturated heterocycles. The van der Waals surface area contributed by atoms with Crippen molar-refractivity contribution in [2.24, 2.45) is 0 Å². The third-order valence-corrected chi connectivity index (χ3v) is 4.05. The number of fused-ring (bicyclic) bond motifs is 1. The van der Waals surface area contributed by atoms with Gasteiger partial charge in [-0.3, -0.25) is 4.57 Å². The summed E-state index contributed by atoms with van der Waals surface area (Å²) in [5, 5.41) is 9.39. The number of imidazole rings is 1. The second-order valence-electron chi connectivity index (χ2n) is 4.76. The van der Waals surface area contributed by atoms with Gasteiger partial charge in [0.05, 0.1) is 28.2 Å². The number of nitrogens with zero attached hydrogens (tertiary/aromatic N) is 3. The molecule has 0 aliphatic heterocycles. The molecule has 1 heterocycles. The van der Waals surface area contributed by atoms with Gasteiger partial charge < -0.3 is 0 Å². The highest BCUT2D eigenvalue weighted by Crippen LogP contribution is 2.27. The first-order valence-corrected chi connectivity index (χ1v) is 7.71. The summed E-state index contributed by atoms with van der Waals surface area (Å²) in [5.41, 5.74) is 4.36. The average molecular weight is 361 g/mol. The second kappa shape index (κ2) is 5.51. The number of aromatic nitrogens is 2. The Bertz CT molecular complexity index is 877. The zero-order valence-corrected chi connectivity index (χ0v) is 13.6. The molecule has 104 valence electrons. The second-order valence-corrected chi connectivity index (χ2v) is 5.95. The minimum Gasteiger partial charge on any atom is -0.294 e. The van der Waals surface area contributed by atoms with Crippen LogP contribution in [0, 0.1) is 18.3 Å². The van der Waals surface area contributed by atoms with E-state index in [4.69, 9.17) is 11.6 Å². The number of benzene rings is 2. The Morgan fingerprint density at radius 1 is 1.29 bits per heavy atom. The summed E-state index contributed by atoms with van der Waals surface area (Å²) in [4.78, 5) is 4.56. The van der Waals surface area contributed by atoms with Gasteiger partial charge in [-0.2, -0.15) is 5.26 Å². The number of halogens is 2. The summed E-state index contributed by atoms with van der Waals surface area (Å²) >= 11 is 9.44. The molecule has 0 spiro atoms. The van der Waals surface area contributed by atoms with Gasteiger partial charge in [-0.25, -0.2) is 4.98 Å². The van der Waals surface area contributed by atoms with Gasteiger partial charge in [-0.15, -0.1) is 11.6 Å². The number of rotatable bonds is 2. The molecule has 0 bridgehead atoms. The average Bonchev–Trinajstić information content (AvgIpc) is 2.84. The molecule has 3 nitrogen and oxygen atoms in total. The predicted octanol–water partition coefficient (Wildman–Crippen LogP) is 4.71. The summed E-state index contributed by atoms with van der Waals surface area (Å²) in [7, 11) is 0. The zero-order chi connectivity index (χ0) is 15.0. The van der Waals surface area contributed by atoms with Crippen molar-refractivity contribution >= 4 is 38.6 Å². The topological polar surface area (TPSA) is 41.6 Å². The van der Waals surface area contributed by atoms with Crippen molar-refractivity contribution in [3.8, 4) is 11.8 Å². The predicted molar refractivity (Wildman–Crippen MR) is 87.8 cm³/mol. The Morgan fingerprint density at radius 2 is 2.10 bits per heavy atom. The molecule has 21 heavy (non-hydrogen) atoms. The summed E-state index contributed by atoms with van der Waals surface area (Å²) < 4.78 is 2.83. The molecular formula is C16H11BrClN3. The van der Waals surface area contributed by atoms with Crippen molar-refractivity contribution in [1.82, 2.24) is 9.55 Å². The Hall–Kier alpha value is -1.83. The van der Waals surface area contributed by atoms with E-state index in [0.29, 0.717) is 5.56 Å². The lowest BCUT2D eigenvalue weighted by Gasteiger charge is -2.10. The van der Waals surface area contributed by atoms with Crippen LogP contribution in [0.2, 0.25) is 0 Å². The van der Waals surface area contributed by atoms with Crippen LogP contribution in [0.3, 0.4) is 0 Å². The molecule has 2 aromatic carbocycles. The monoisotopic (exact) mass is 359 g/mol. The van der Waals surface area contributed by atoms with Crippen LogP contribution in [0.4, 0.5) is 0 Å². The van der Waals surface area contributed by atoms with Gasteiger partial charge in [-0.1, -0.05) is 22.0 Å². The van der Waals surface area contributed by atoms with Crippen molar-refractivity contribution in [2.75, 3.05) is 0 Å². The van der Waals surface area contributed by atoms with E-state index in [-0.39, 0.29) is 5.88 Å². The first-order chi connectivity index (χ1) is 10.1. The van der Waals surface area contributed by atoms with Crippen LogP contribution < -0.4 is 0 Å². The number of aryl methyl sites for hydroxylation is 1. The van der Waals surface area contributed by atoms with E-state index in [2.05, 4.69) is 33.0 Å². The molecule has 0 saturated carbocycles. The Labute approximate surface area is 135 Å². The van der Waals surface area contributed by atoms with Crippen molar-refractivity contribution in [3.63, 3.8) is 0 Å². The fraction of sp³-hybridized carbons (Fsp3) is 0.125. The van der Waals surface area contributed by atoms with Gasteiger partial charge in [0.1, 0.15) is 11.9 Å². The van der Waals surface area contributed by atoms with E-state index < -0.39 is 0 Å². The van der Waals surface area contributed by atoms with E-state index in [1.165, 1.54) is 0 Å². The van der Waals surface area contributed by atoms with E-state index in [1.54, 1.807) is 6.07 Å². The Kier molecular flexibility index (Phi) is 3.71. The molecule has 0 N–H and O–H groups in total. The summed E-state index contributed by atoms with van der Waals surface area (Å²) in [6, 6.07) is 13.9. The lowest BCUT2D eigenvalue weighted by Crippen LogP contribution is -2.02. The highest BCUT2D eigenvalue weighted by Gasteiger charge is 2.15. The van der Waals surface area contributed by atoms with Crippen LogP contribution in [0.25, 0.3) is 16.7 Å². The third-order valence-electron chi connectivity index (χ3n) is 3.32. The first kappa shape index (κ1) is 14.1. The minimum absolute atomic E-state index is 0.286. The standard InChI is InChI=1S/C16H11BrClN3/c1-10-2-4-13-15(6-10)21(16(8-18)20-13)14-5-3-12(17)7-11(14)9-19/h2-7H,8H2,1H3. The van der Waals surface area contributed by atoms with Crippen molar-refractivity contribution in [3.05, 3.63) is 57.8 Å². The summed E-state index contributed by atoms with van der Waals surface area (Å²) in [5.74, 6) is 1.02. The molecule has 0 aliphatic rings. The highest BCUT2D eigenvalue weighted by molar-refractivity contribution is 9.10. The Morgan fingerprint density at radius 3 is 2.81 bits per heavy atom. The maximum absolute atomic E-state index is 9.39. The van der Waals surface area contributed by atoms with Crippen LogP contribution in [-0.2, 0) is 5.88 Å². The fourth-order valence-corrected chi connectivity index (χ4v) is 2.93. The van der Waals surface area contributed by atoms with Gasteiger partial charge in [-0.05, 0) is 42.8 Å². The van der Waals surface area contributed by atoms with E-state index >= 15 is 0 Å². The number of alkyl halides is 1. The quantitative estimate of drug-likeness (QED) is 0.621. The molecule has 0 amide bonds. The lowest BCUT2D eigenvalue weighted by atomic mass is 10.1. The van der Waals surface area contributed by atoms with Crippen LogP contribution in [0.1, 0.15) is 17.0 Å². The van der Waals surface area contributed by atoms with Gasteiger partial charge >= 0.3 is 0 Å². The van der Waals surface area contributed by atoms with E-state index in [9.17, 15) is 5.26 Å². The van der Waals surface area contributed by atoms with Crippen molar-refractivity contribution in [1.29, 1.82) is 5.26 Å². The molecule has 0 unspecified atom stereocenters. The molecule has 0 aliphatic carbocycles. The van der Waals surface area contributed by atoms with Gasteiger partial charge in [0.15, 0.2) is 0 Å². The van der Waals surface area contributed by atoms with Crippen molar-refractivity contribution < 1.29 is 0 Å². The van der Waals surface area contributed by atoms with E-state index in [1.807, 2.05) is 35.8 Å². The normalized spacial score (nSPS) is 10.8. The molecule has 3 rings (SSSR count). The van der Waals surface area contributed by atoms with Crippen LogP contribution >= 0.6 is 27.5 Å². The molecule has 0 fully saturated rings. The molecule has 5 heteroatoms. The highest BCUT2D eigenvalue weighted by atomic mass is 79.9. The first-order valence-electron chi connectivity index (χ1n) is 6.38. The minimum atomic E-state index is 0.286. The lowest BCUT2D eigenvalue weighted by molar-refractivity contribution is 0.977. The smallest absolute Gasteiger partial charge is 0.129 e. The van der Waals surface area contributed by atoms with Crippen LogP contribution in [0.15, 0.2) is 40.9 Å². The van der Waals surface area contributed by atoms with Gasteiger partial charge in [0.25, 0.3) is 0 Å². The SMILES string of the molecule is Cc1ccc2nc(CCl)n(-c3ccc(Br)cc3C#N)c2c1. The van der Waals surface area contributed by atoms with E-state index in [0.717, 1.165) is 32.6 Å². The Balaban J connectivity index is 2.39. The molecule has 3 aromatic rings. The van der Waals surface area contributed by atoms with Crippen LogP contribution in [-0.4, -0.2) is 9.55 Å². The maximum atomic E-state index is 9.39. The molecule has 0 atom stereocenters. The van der Waals surface area contributed by atoms with Crippen LogP contribution in [0.5, 0.6) is 0 Å².